The van der Waals surface area contributed by atoms with Crippen molar-refractivity contribution >= 4 is 0 Å². The van der Waals surface area contributed by atoms with Crippen molar-refractivity contribution in [3.05, 3.63) is 0 Å². The molecular weight excluding hydrogens is 234 g/mol. The summed E-state index contributed by atoms with van der Waals surface area (Å²) in [5.41, 5.74) is 3.41. The van der Waals surface area contributed by atoms with Gasteiger partial charge in [-0.05, 0) is 51.6 Å². The maximum Gasteiger partial charge on any atom is 0.0394 e. The van der Waals surface area contributed by atoms with Gasteiger partial charge in [0.25, 0.3) is 0 Å². The van der Waals surface area contributed by atoms with Gasteiger partial charge in [0.2, 0.25) is 0 Å². The van der Waals surface area contributed by atoms with Crippen LogP contribution in [0.2, 0.25) is 0 Å². The van der Waals surface area contributed by atoms with E-state index in [0.717, 1.165) is 5.92 Å². The highest BCUT2D eigenvalue weighted by Gasteiger charge is 2.39. The van der Waals surface area contributed by atoms with E-state index < -0.39 is 0 Å². The summed E-state index contributed by atoms with van der Waals surface area (Å²) in [7, 11) is 0. The molecule has 0 aromatic carbocycles. The first-order chi connectivity index (χ1) is 9.20. The van der Waals surface area contributed by atoms with E-state index >= 15 is 0 Å². The van der Waals surface area contributed by atoms with E-state index in [4.69, 9.17) is 5.84 Å². The van der Waals surface area contributed by atoms with Gasteiger partial charge in [0.05, 0.1) is 0 Å². The molecule has 3 nitrogen and oxygen atoms in total. The molecule has 1 saturated heterocycles. The Balaban J connectivity index is 1.99. The van der Waals surface area contributed by atoms with Gasteiger partial charge in [0, 0.05) is 11.6 Å². The molecule has 3 heteroatoms. The molecule has 2 aliphatic rings. The molecule has 0 radical (unpaired) electrons. The van der Waals surface area contributed by atoms with Gasteiger partial charge in [-0.15, -0.1) is 0 Å². The predicted molar refractivity (Wildman–Crippen MR) is 81.8 cm³/mol. The first-order valence-corrected chi connectivity index (χ1v) is 8.42. The molecule has 1 saturated carbocycles. The molecule has 2 fully saturated rings. The summed E-state index contributed by atoms with van der Waals surface area (Å²) in [5, 5.41) is 0. The second kappa shape index (κ2) is 7.05. The van der Waals surface area contributed by atoms with Crippen molar-refractivity contribution in [2.75, 3.05) is 13.1 Å². The average molecular weight is 267 g/mol. The summed E-state index contributed by atoms with van der Waals surface area (Å²) in [5.74, 6) is 6.83. The number of likely N-dealkylation sites (tertiary alicyclic amines) is 1. The molecular formula is C16H33N3. The molecule has 1 heterocycles. The number of hydrazine groups is 1. The van der Waals surface area contributed by atoms with Gasteiger partial charge in [-0.3, -0.25) is 16.2 Å². The summed E-state index contributed by atoms with van der Waals surface area (Å²) in [4.78, 5) is 2.68. The van der Waals surface area contributed by atoms with Crippen LogP contribution in [0.15, 0.2) is 0 Å². The third-order valence-corrected chi connectivity index (χ3v) is 5.79. The largest absolute Gasteiger partial charge is 0.296 e. The molecule has 112 valence electrons. The first-order valence-electron chi connectivity index (χ1n) is 8.42. The Morgan fingerprint density at radius 2 is 1.79 bits per heavy atom. The number of hydrogen-bond donors (Lipinski definition) is 2. The highest BCUT2D eigenvalue weighted by molar-refractivity contribution is 4.98. The van der Waals surface area contributed by atoms with Gasteiger partial charge < -0.3 is 0 Å². The number of rotatable bonds is 6. The highest BCUT2D eigenvalue weighted by Crippen LogP contribution is 2.34. The molecule has 0 aromatic rings. The lowest BCUT2D eigenvalue weighted by Gasteiger charge is -2.45. The summed E-state index contributed by atoms with van der Waals surface area (Å²) in [6, 6.07) is 0.443. The first kappa shape index (κ1) is 15.3. The van der Waals surface area contributed by atoms with Crippen LogP contribution in [0.4, 0.5) is 0 Å². The molecule has 3 N–H and O–H groups in total. The van der Waals surface area contributed by atoms with Crippen LogP contribution in [0.3, 0.4) is 0 Å². The Labute approximate surface area is 119 Å². The average Bonchev–Trinajstić information content (AvgIpc) is 3.00. The van der Waals surface area contributed by atoms with E-state index in [9.17, 15) is 0 Å². The number of nitrogens with one attached hydrogen (secondary N) is 1. The van der Waals surface area contributed by atoms with Gasteiger partial charge >= 0.3 is 0 Å². The maximum atomic E-state index is 5.94. The number of nitrogens with zero attached hydrogens (tertiary/aromatic N) is 1. The lowest BCUT2D eigenvalue weighted by Crippen LogP contribution is -2.60. The molecule has 1 aliphatic carbocycles. The normalized spacial score (nSPS) is 27.3. The topological polar surface area (TPSA) is 41.3 Å². The zero-order chi connectivity index (χ0) is 13.7. The van der Waals surface area contributed by atoms with Crippen LogP contribution in [0.5, 0.6) is 0 Å². The van der Waals surface area contributed by atoms with E-state index in [1.54, 1.807) is 0 Å². The smallest absolute Gasteiger partial charge is 0.0394 e. The molecule has 2 unspecified atom stereocenters. The molecule has 0 bridgehead atoms. The summed E-state index contributed by atoms with van der Waals surface area (Å²) in [6.07, 6.45) is 12.3. The highest BCUT2D eigenvalue weighted by atomic mass is 15.3. The zero-order valence-corrected chi connectivity index (χ0v) is 13.0. The molecule has 2 rings (SSSR count). The Hall–Kier alpha value is -0.120. The summed E-state index contributed by atoms with van der Waals surface area (Å²) < 4.78 is 0. The fraction of sp³-hybridized carbons (Fsp3) is 1.00. The van der Waals surface area contributed by atoms with E-state index in [0.29, 0.717) is 6.04 Å². The predicted octanol–water partition coefficient (Wildman–Crippen LogP) is 3.05. The van der Waals surface area contributed by atoms with Crippen LogP contribution in [-0.2, 0) is 0 Å². The molecule has 1 aliphatic heterocycles. The van der Waals surface area contributed by atoms with E-state index in [1.807, 2.05) is 0 Å². The van der Waals surface area contributed by atoms with Crippen LogP contribution in [0, 0.1) is 5.92 Å². The van der Waals surface area contributed by atoms with Crippen LogP contribution in [-0.4, -0.2) is 29.6 Å². The van der Waals surface area contributed by atoms with Gasteiger partial charge in [-0.2, -0.15) is 0 Å². The minimum absolute atomic E-state index is 0.239. The standard InChI is InChI=1S/C16H33N3/c1-3-16(2,19-11-7-8-12-19)15(18-17)13-14-9-5-4-6-10-14/h14-15,18H,3-13,17H2,1-2H3. The van der Waals surface area contributed by atoms with Crippen molar-refractivity contribution in [1.82, 2.24) is 10.3 Å². The SMILES string of the molecule is CCC(C)(C(CC1CCCCC1)NN)N1CCCC1. The van der Waals surface area contributed by atoms with Crippen molar-refractivity contribution in [3.63, 3.8) is 0 Å². The van der Waals surface area contributed by atoms with Crippen LogP contribution >= 0.6 is 0 Å². The third-order valence-electron chi connectivity index (χ3n) is 5.79. The van der Waals surface area contributed by atoms with Gasteiger partial charge in [0.15, 0.2) is 0 Å². The number of nitrogens with two attached hydrogens (primary N) is 1. The Bertz CT molecular complexity index is 257. The quantitative estimate of drug-likeness (QED) is 0.574. The summed E-state index contributed by atoms with van der Waals surface area (Å²) in [6.45, 7) is 7.26. The maximum absolute atomic E-state index is 5.94. The minimum atomic E-state index is 0.239. The molecule has 0 aromatic heterocycles. The lowest BCUT2D eigenvalue weighted by atomic mass is 9.78. The van der Waals surface area contributed by atoms with Gasteiger partial charge in [-0.1, -0.05) is 39.0 Å². The minimum Gasteiger partial charge on any atom is -0.296 e. The lowest BCUT2D eigenvalue weighted by molar-refractivity contribution is 0.0691. The van der Waals surface area contributed by atoms with Crippen molar-refractivity contribution in [2.24, 2.45) is 11.8 Å². The molecule has 2 atom stereocenters. The Morgan fingerprint density at radius 1 is 1.16 bits per heavy atom. The second-order valence-corrected chi connectivity index (χ2v) is 6.86. The van der Waals surface area contributed by atoms with E-state index in [2.05, 4.69) is 24.2 Å². The second-order valence-electron chi connectivity index (χ2n) is 6.86. The third kappa shape index (κ3) is 3.50. The van der Waals surface area contributed by atoms with E-state index in [1.165, 1.54) is 70.9 Å². The number of hydrogen-bond acceptors (Lipinski definition) is 3. The molecule has 0 amide bonds. The van der Waals surface area contributed by atoms with Gasteiger partial charge in [-0.25, -0.2) is 0 Å². The van der Waals surface area contributed by atoms with Gasteiger partial charge in [0.1, 0.15) is 0 Å². The molecule has 19 heavy (non-hydrogen) atoms. The fourth-order valence-corrected chi connectivity index (χ4v) is 4.18. The summed E-state index contributed by atoms with van der Waals surface area (Å²) >= 11 is 0. The van der Waals surface area contributed by atoms with Crippen LogP contribution < -0.4 is 11.3 Å². The van der Waals surface area contributed by atoms with Crippen LogP contribution in [0.1, 0.15) is 71.6 Å². The Morgan fingerprint density at radius 3 is 2.32 bits per heavy atom. The van der Waals surface area contributed by atoms with E-state index in [-0.39, 0.29) is 5.54 Å². The monoisotopic (exact) mass is 267 g/mol. The Kier molecular flexibility index (Phi) is 5.67. The van der Waals surface area contributed by atoms with Crippen molar-refractivity contribution in [3.8, 4) is 0 Å². The van der Waals surface area contributed by atoms with Crippen molar-refractivity contribution in [1.29, 1.82) is 0 Å². The van der Waals surface area contributed by atoms with Crippen LogP contribution in [0.25, 0.3) is 0 Å². The van der Waals surface area contributed by atoms with Crippen molar-refractivity contribution < 1.29 is 0 Å². The zero-order valence-electron chi connectivity index (χ0n) is 13.0. The molecule has 0 spiro atoms. The fourth-order valence-electron chi connectivity index (χ4n) is 4.18. The van der Waals surface area contributed by atoms with Crippen molar-refractivity contribution in [2.45, 2.75) is 83.2 Å².